The fraction of sp³-hybridized carbons (Fsp3) is 0.263. The zero-order valence-corrected chi connectivity index (χ0v) is 18.0. The van der Waals surface area contributed by atoms with Gasteiger partial charge in [0.1, 0.15) is 12.0 Å². The van der Waals surface area contributed by atoms with Crippen LogP contribution < -0.4 is 10.6 Å². The maximum absolute atomic E-state index is 5.56. The summed E-state index contributed by atoms with van der Waals surface area (Å²) in [5.74, 6) is 1.40. The van der Waals surface area contributed by atoms with E-state index in [1.807, 2.05) is 30.3 Å². The Balaban J connectivity index is 0.00000243. The normalized spacial score (nSPS) is 11.1. The van der Waals surface area contributed by atoms with E-state index in [-0.39, 0.29) is 24.0 Å². The zero-order valence-electron chi connectivity index (χ0n) is 14.9. The summed E-state index contributed by atoms with van der Waals surface area (Å²) in [6.45, 7) is 6.20. The smallest absolute Gasteiger partial charge is 0.226 e. The third-order valence-corrected chi connectivity index (χ3v) is 4.54. The van der Waals surface area contributed by atoms with Crippen molar-refractivity contribution in [3.63, 3.8) is 0 Å². The van der Waals surface area contributed by atoms with E-state index < -0.39 is 0 Å². The molecule has 138 valence electrons. The Hall–Kier alpha value is -1.87. The van der Waals surface area contributed by atoms with Gasteiger partial charge in [-0.2, -0.15) is 0 Å². The summed E-state index contributed by atoms with van der Waals surface area (Å²) in [4.78, 5) is 11.7. The van der Waals surface area contributed by atoms with Crippen molar-refractivity contribution in [2.75, 3.05) is 6.54 Å². The van der Waals surface area contributed by atoms with Gasteiger partial charge in [-0.15, -0.1) is 35.3 Å². The first-order chi connectivity index (χ1) is 12.2. The minimum atomic E-state index is 0. The minimum Gasteiger partial charge on any atom is -0.444 e. The molecule has 0 unspecified atom stereocenters. The van der Waals surface area contributed by atoms with Crippen LogP contribution in [0, 0.1) is 6.92 Å². The van der Waals surface area contributed by atoms with Gasteiger partial charge in [-0.25, -0.2) is 9.98 Å². The van der Waals surface area contributed by atoms with Crippen molar-refractivity contribution >= 4 is 41.3 Å². The van der Waals surface area contributed by atoms with Crippen LogP contribution in [0.5, 0.6) is 0 Å². The molecule has 2 heterocycles. The van der Waals surface area contributed by atoms with Crippen molar-refractivity contribution in [1.29, 1.82) is 0 Å². The minimum absolute atomic E-state index is 0. The van der Waals surface area contributed by atoms with Crippen LogP contribution in [0.2, 0.25) is 0 Å². The molecule has 0 fully saturated rings. The van der Waals surface area contributed by atoms with Gasteiger partial charge in [-0.3, -0.25) is 0 Å². The monoisotopic (exact) mass is 482 g/mol. The number of oxazole rings is 1. The summed E-state index contributed by atoms with van der Waals surface area (Å²) >= 11 is 1.79. The van der Waals surface area contributed by atoms with Crippen LogP contribution in [-0.4, -0.2) is 17.5 Å². The molecule has 0 spiro atoms. The molecule has 3 aromatic rings. The molecule has 0 aliphatic heterocycles. The molecule has 3 rings (SSSR count). The van der Waals surface area contributed by atoms with Crippen molar-refractivity contribution in [2.24, 2.45) is 4.99 Å². The van der Waals surface area contributed by atoms with Gasteiger partial charge in [0.2, 0.25) is 5.89 Å². The Bertz CT molecular complexity index is 829. The molecule has 0 bridgehead atoms. The summed E-state index contributed by atoms with van der Waals surface area (Å²) in [7, 11) is 0. The average molecular weight is 482 g/mol. The summed E-state index contributed by atoms with van der Waals surface area (Å²) in [6.07, 6.45) is 1.66. The third-order valence-electron chi connectivity index (χ3n) is 3.54. The summed E-state index contributed by atoms with van der Waals surface area (Å²) in [5.41, 5.74) is 1.78. The van der Waals surface area contributed by atoms with E-state index >= 15 is 0 Å². The fourth-order valence-corrected chi connectivity index (χ4v) is 3.18. The molecular formula is C19H23IN4OS. The predicted molar refractivity (Wildman–Crippen MR) is 118 cm³/mol. The SMILES string of the molecule is CCNC(=NCc1coc(-c2ccccc2)n1)NCc1ccc(C)s1.I. The van der Waals surface area contributed by atoms with Crippen LogP contribution in [0.15, 0.2) is 58.1 Å². The fourth-order valence-electron chi connectivity index (χ4n) is 2.35. The van der Waals surface area contributed by atoms with Gasteiger partial charge in [-0.1, -0.05) is 18.2 Å². The summed E-state index contributed by atoms with van der Waals surface area (Å²) in [5, 5.41) is 6.60. The van der Waals surface area contributed by atoms with Crippen LogP contribution >= 0.6 is 35.3 Å². The van der Waals surface area contributed by atoms with E-state index in [2.05, 4.69) is 46.6 Å². The van der Waals surface area contributed by atoms with E-state index in [1.165, 1.54) is 9.75 Å². The lowest BCUT2D eigenvalue weighted by molar-refractivity contribution is 0.572. The number of thiophene rings is 1. The number of benzene rings is 1. The molecule has 0 aliphatic rings. The molecule has 0 saturated heterocycles. The number of aliphatic imine (C=N–C) groups is 1. The van der Waals surface area contributed by atoms with E-state index in [0.717, 1.165) is 30.3 Å². The van der Waals surface area contributed by atoms with Crippen LogP contribution in [0.4, 0.5) is 0 Å². The quantitative estimate of drug-likeness (QED) is 0.307. The van der Waals surface area contributed by atoms with Gasteiger partial charge in [0.25, 0.3) is 0 Å². The maximum atomic E-state index is 5.56. The number of hydrogen-bond acceptors (Lipinski definition) is 4. The van der Waals surface area contributed by atoms with E-state index in [1.54, 1.807) is 17.6 Å². The molecule has 0 radical (unpaired) electrons. The third kappa shape index (κ3) is 5.84. The average Bonchev–Trinajstić information content (AvgIpc) is 3.27. The zero-order chi connectivity index (χ0) is 17.5. The lowest BCUT2D eigenvalue weighted by atomic mass is 10.2. The molecule has 1 aromatic carbocycles. The van der Waals surface area contributed by atoms with Crippen LogP contribution in [0.3, 0.4) is 0 Å². The number of guanidine groups is 1. The van der Waals surface area contributed by atoms with Crippen LogP contribution in [0.1, 0.15) is 22.4 Å². The second-order valence-electron chi connectivity index (χ2n) is 5.57. The highest BCUT2D eigenvalue weighted by atomic mass is 127. The lowest BCUT2D eigenvalue weighted by Gasteiger charge is -2.09. The van der Waals surface area contributed by atoms with Gasteiger partial charge < -0.3 is 15.1 Å². The number of hydrogen-bond donors (Lipinski definition) is 2. The molecule has 5 nitrogen and oxygen atoms in total. The molecule has 0 amide bonds. The first-order valence-corrected chi connectivity index (χ1v) is 9.13. The van der Waals surface area contributed by atoms with Gasteiger partial charge in [-0.05, 0) is 38.1 Å². The molecular weight excluding hydrogens is 459 g/mol. The van der Waals surface area contributed by atoms with Crippen molar-refractivity contribution in [3.05, 3.63) is 64.2 Å². The Morgan fingerprint density at radius 1 is 1.15 bits per heavy atom. The van der Waals surface area contributed by atoms with Crippen LogP contribution in [0.25, 0.3) is 11.5 Å². The number of nitrogens with zero attached hydrogens (tertiary/aromatic N) is 2. The second-order valence-corrected chi connectivity index (χ2v) is 6.94. The van der Waals surface area contributed by atoms with Crippen molar-refractivity contribution in [1.82, 2.24) is 15.6 Å². The van der Waals surface area contributed by atoms with E-state index in [0.29, 0.717) is 12.4 Å². The van der Waals surface area contributed by atoms with Crippen molar-refractivity contribution in [2.45, 2.75) is 26.9 Å². The molecule has 0 aliphatic carbocycles. The summed E-state index contributed by atoms with van der Waals surface area (Å²) in [6, 6.07) is 14.1. The molecule has 2 N–H and O–H groups in total. The highest BCUT2D eigenvalue weighted by Gasteiger charge is 2.06. The summed E-state index contributed by atoms with van der Waals surface area (Å²) < 4.78 is 5.56. The van der Waals surface area contributed by atoms with Gasteiger partial charge >= 0.3 is 0 Å². The predicted octanol–water partition coefficient (Wildman–Crippen LogP) is 4.58. The second kappa shape index (κ2) is 10.3. The standard InChI is InChI=1S/C19H22N4OS.HI/c1-3-20-19(22-12-17-10-9-14(2)25-17)21-11-16-13-24-18(23-16)15-7-5-4-6-8-15;/h4-10,13H,3,11-12H2,1-2H3,(H2,20,21,22);1H. The first kappa shape index (κ1) is 20.4. The highest BCUT2D eigenvalue weighted by Crippen LogP contribution is 2.18. The number of nitrogens with one attached hydrogen (secondary N) is 2. The van der Waals surface area contributed by atoms with E-state index in [4.69, 9.17) is 4.42 Å². The Kier molecular flexibility index (Phi) is 8.11. The topological polar surface area (TPSA) is 62.5 Å². The van der Waals surface area contributed by atoms with Crippen LogP contribution in [-0.2, 0) is 13.1 Å². The first-order valence-electron chi connectivity index (χ1n) is 8.32. The number of rotatable bonds is 6. The lowest BCUT2D eigenvalue weighted by Crippen LogP contribution is -2.36. The van der Waals surface area contributed by atoms with Gasteiger partial charge in [0.05, 0.1) is 13.1 Å². The van der Waals surface area contributed by atoms with E-state index in [9.17, 15) is 0 Å². The number of aryl methyl sites for hydroxylation is 1. The van der Waals surface area contributed by atoms with Gasteiger partial charge in [0.15, 0.2) is 5.96 Å². The highest BCUT2D eigenvalue weighted by molar-refractivity contribution is 14.0. The number of aromatic nitrogens is 1. The Morgan fingerprint density at radius 3 is 2.65 bits per heavy atom. The maximum Gasteiger partial charge on any atom is 0.226 e. The number of halogens is 1. The Morgan fingerprint density at radius 2 is 1.96 bits per heavy atom. The molecule has 26 heavy (non-hydrogen) atoms. The molecule has 2 aromatic heterocycles. The Labute approximate surface area is 175 Å². The largest absolute Gasteiger partial charge is 0.444 e. The molecule has 0 atom stereocenters. The molecule has 0 saturated carbocycles. The van der Waals surface area contributed by atoms with Crippen molar-refractivity contribution < 1.29 is 4.42 Å². The van der Waals surface area contributed by atoms with Gasteiger partial charge in [0, 0.05) is 21.9 Å². The molecule has 7 heteroatoms. The van der Waals surface area contributed by atoms with Crippen molar-refractivity contribution in [3.8, 4) is 11.5 Å².